The molecule has 0 aliphatic carbocycles. The zero-order valence-corrected chi connectivity index (χ0v) is 13.5. The van der Waals surface area contributed by atoms with Gasteiger partial charge in [0.15, 0.2) is 0 Å². The highest BCUT2D eigenvalue weighted by atomic mass is 16.5. The molecule has 1 aliphatic heterocycles. The van der Waals surface area contributed by atoms with E-state index in [-0.39, 0.29) is 5.56 Å². The van der Waals surface area contributed by atoms with Gasteiger partial charge >= 0.3 is 0 Å². The lowest BCUT2D eigenvalue weighted by atomic mass is 9.90. The zero-order valence-electron chi connectivity index (χ0n) is 13.5. The van der Waals surface area contributed by atoms with Gasteiger partial charge in [-0.15, -0.1) is 0 Å². The number of pyridine rings is 1. The molecule has 3 heterocycles. The largest absolute Gasteiger partial charge is 0.483 e. The van der Waals surface area contributed by atoms with Crippen LogP contribution < -0.4 is 10.3 Å². The fourth-order valence-electron chi connectivity index (χ4n) is 2.98. The van der Waals surface area contributed by atoms with Crippen LogP contribution in [0.2, 0.25) is 0 Å². The van der Waals surface area contributed by atoms with Gasteiger partial charge in [0.1, 0.15) is 11.4 Å². The number of nitrogens with one attached hydrogen (secondary N) is 1. The highest BCUT2D eigenvalue weighted by Crippen LogP contribution is 2.39. The minimum atomic E-state index is -0.485. The number of aromatic nitrogens is 3. The predicted octanol–water partition coefficient (Wildman–Crippen LogP) is 3.16. The third kappa shape index (κ3) is 2.44. The fraction of sp³-hybridized carbons (Fsp3) is 0.158. The van der Waals surface area contributed by atoms with Crippen LogP contribution in [0.4, 0.5) is 0 Å². The van der Waals surface area contributed by atoms with Crippen LogP contribution >= 0.6 is 0 Å². The Kier molecular flexibility index (Phi) is 3.16. The van der Waals surface area contributed by atoms with Gasteiger partial charge in [-0.1, -0.05) is 0 Å². The summed E-state index contributed by atoms with van der Waals surface area (Å²) in [6, 6.07) is 9.61. The number of rotatable bonds is 2. The first kappa shape index (κ1) is 14.5. The van der Waals surface area contributed by atoms with Gasteiger partial charge in [0.25, 0.3) is 5.56 Å². The first-order chi connectivity index (χ1) is 11.5. The van der Waals surface area contributed by atoms with Crippen LogP contribution in [0.15, 0.2) is 66.1 Å². The molecule has 120 valence electrons. The van der Waals surface area contributed by atoms with E-state index in [9.17, 15) is 4.79 Å². The number of aromatic amines is 1. The molecule has 0 radical (unpaired) electrons. The maximum Gasteiger partial charge on any atom is 0.255 e. The molecule has 0 atom stereocenters. The molecule has 5 nitrogen and oxygen atoms in total. The molecule has 1 aliphatic rings. The highest BCUT2D eigenvalue weighted by molar-refractivity contribution is 5.85. The van der Waals surface area contributed by atoms with Crippen LogP contribution in [-0.4, -0.2) is 20.1 Å². The van der Waals surface area contributed by atoms with Crippen molar-refractivity contribution in [2.75, 3.05) is 0 Å². The molecule has 0 amide bonds. The van der Waals surface area contributed by atoms with Crippen molar-refractivity contribution in [3.63, 3.8) is 0 Å². The number of H-pyrrole nitrogens is 1. The number of ether oxygens (including phenoxy) is 1. The monoisotopic (exact) mass is 319 g/mol. The van der Waals surface area contributed by atoms with Gasteiger partial charge in [0.2, 0.25) is 0 Å². The van der Waals surface area contributed by atoms with Crippen LogP contribution in [-0.2, 0) is 0 Å². The second-order valence-corrected chi connectivity index (χ2v) is 6.33. The summed E-state index contributed by atoms with van der Waals surface area (Å²) in [7, 11) is 0. The summed E-state index contributed by atoms with van der Waals surface area (Å²) in [5.74, 6) is 0.768. The molecule has 0 fully saturated rings. The van der Waals surface area contributed by atoms with Crippen molar-refractivity contribution in [1.29, 1.82) is 0 Å². The summed E-state index contributed by atoms with van der Waals surface area (Å²) >= 11 is 0. The van der Waals surface area contributed by atoms with E-state index < -0.39 is 5.60 Å². The van der Waals surface area contributed by atoms with E-state index in [2.05, 4.69) is 9.97 Å². The Hall–Kier alpha value is -3.08. The first-order valence-corrected chi connectivity index (χ1v) is 7.76. The van der Waals surface area contributed by atoms with Gasteiger partial charge in [-0.05, 0) is 55.8 Å². The molecule has 24 heavy (non-hydrogen) atoms. The van der Waals surface area contributed by atoms with Gasteiger partial charge in [-0.2, -0.15) is 0 Å². The van der Waals surface area contributed by atoms with Gasteiger partial charge in [-0.25, -0.2) is 4.98 Å². The standard InChI is InChI=1S/C19H17N3O2/c1-19(2)11-16(14-4-3-7-21-18(14)23)15-10-13(5-6-17(15)24-19)22-9-8-20-12-22/h3-12H,1-2H3,(H,21,23). The second-order valence-electron chi connectivity index (χ2n) is 6.33. The molecular formula is C19H17N3O2. The minimum absolute atomic E-state index is 0.111. The third-order valence-electron chi connectivity index (χ3n) is 4.03. The van der Waals surface area contributed by atoms with Gasteiger partial charge in [0, 0.05) is 35.4 Å². The van der Waals surface area contributed by atoms with Crippen molar-refractivity contribution in [2.45, 2.75) is 19.4 Å². The number of imidazole rings is 1. The van der Waals surface area contributed by atoms with Crippen LogP contribution in [0.1, 0.15) is 25.0 Å². The van der Waals surface area contributed by atoms with Crippen molar-refractivity contribution < 1.29 is 4.74 Å². The van der Waals surface area contributed by atoms with Gasteiger partial charge in [-0.3, -0.25) is 4.79 Å². The Morgan fingerprint density at radius 1 is 1.21 bits per heavy atom. The lowest BCUT2D eigenvalue weighted by Crippen LogP contribution is -2.30. The summed E-state index contributed by atoms with van der Waals surface area (Å²) in [6.45, 7) is 3.97. The highest BCUT2D eigenvalue weighted by Gasteiger charge is 2.28. The lowest BCUT2D eigenvalue weighted by Gasteiger charge is -2.31. The minimum Gasteiger partial charge on any atom is -0.483 e. The summed E-state index contributed by atoms with van der Waals surface area (Å²) in [5, 5.41) is 0. The number of nitrogens with zero attached hydrogens (tertiary/aromatic N) is 2. The molecule has 1 aromatic carbocycles. The van der Waals surface area contributed by atoms with Crippen molar-refractivity contribution in [2.24, 2.45) is 0 Å². The normalized spacial score (nSPS) is 15.3. The molecule has 4 rings (SSSR count). The third-order valence-corrected chi connectivity index (χ3v) is 4.03. The Morgan fingerprint density at radius 2 is 2.08 bits per heavy atom. The molecule has 5 heteroatoms. The smallest absolute Gasteiger partial charge is 0.255 e. The zero-order chi connectivity index (χ0) is 16.7. The topological polar surface area (TPSA) is 59.9 Å². The van der Waals surface area contributed by atoms with E-state index in [1.807, 2.05) is 61.0 Å². The van der Waals surface area contributed by atoms with Crippen LogP contribution in [0.5, 0.6) is 5.75 Å². The maximum atomic E-state index is 12.3. The summed E-state index contributed by atoms with van der Waals surface area (Å²) < 4.78 is 7.99. The molecule has 0 saturated carbocycles. The van der Waals surface area contributed by atoms with Crippen LogP contribution in [0.3, 0.4) is 0 Å². The number of hydrogen-bond donors (Lipinski definition) is 1. The number of hydrogen-bond acceptors (Lipinski definition) is 3. The Bertz CT molecular complexity index is 982. The fourth-order valence-corrected chi connectivity index (χ4v) is 2.98. The Labute approximate surface area is 139 Å². The van der Waals surface area contributed by atoms with E-state index in [1.165, 1.54) is 0 Å². The Morgan fingerprint density at radius 3 is 2.83 bits per heavy atom. The van der Waals surface area contributed by atoms with Crippen molar-refractivity contribution in [3.8, 4) is 11.4 Å². The van der Waals surface area contributed by atoms with Crippen LogP contribution in [0, 0.1) is 0 Å². The van der Waals surface area contributed by atoms with E-state index in [4.69, 9.17) is 4.74 Å². The first-order valence-electron chi connectivity index (χ1n) is 7.76. The predicted molar refractivity (Wildman–Crippen MR) is 92.4 cm³/mol. The van der Waals surface area contributed by atoms with E-state index >= 15 is 0 Å². The van der Waals surface area contributed by atoms with E-state index in [0.717, 1.165) is 22.6 Å². The summed E-state index contributed by atoms with van der Waals surface area (Å²) in [4.78, 5) is 19.1. The summed E-state index contributed by atoms with van der Waals surface area (Å²) in [6.07, 6.45) is 9.00. The molecule has 3 aromatic rings. The van der Waals surface area contributed by atoms with Gasteiger partial charge < -0.3 is 14.3 Å². The van der Waals surface area contributed by atoms with Gasteiger partial charge in [0.05, 0.1) is 6.33 Å². The SMILES string of the molecule is CC1(C)C=C(c2ccc[nH]c2=O)c2cc(-n3ccnc3)ccc2O1. The van der Waals surface area contributed by atoms with Crippen LogP contribution in [0.25, 0.3) is 11.3 Å². The summed E-state index contributed by atoms with van der Waals surface area (Å²) in [5.41, 5.74) is 2.79. The quantitative estimate of drug-likeness (QED) is 0.789. The average Bonchev–Trinajstić information content (AvgIpc) is 3.08. The molecule has 0 spiro atoms. The van der Waals surface area contributed by atoms with E-state index in [0.29, 0.717) is 5.56 Å². The average molecular weight is 319 g/mol. The molecule has 0 unspecified atom stereocenters. The molecule has 1 N–H and O–H groups in total. The second kappa shape index (κ2) is 5.23. The Balaban J connectivity index is 1.94. The van der Waals surface area contributed by atoms with E-state index in [1.54, 1.807) is 18.7 Å². The molecule has 0 bridgehead atoms. The molecular weight excluding hydrogens is 302 g/mol. The van der Waals surface area contributed by atoms with Crippen molar-refractivity contribution in [3.05, 3.63) is 82.8 Å². The molecule has 0 saturated heterocycles. The number of benzene rings is 1. The maximum absolute atomic E-state index is 12.3. The van der Waals surface area contributed by atoms with Crippen molar-refractivity contribution >= 4 is 5.57 Å². The number of fused-ring (bicyclic) bond motifs is 1. The van der Waals surface area contributed by atoms with Crippen molar-refractivity contribution in [1.82, 2.24) is 14.5 Å². The lowest BCUT2D eigenvalue weighted by molar-refractivity contribution is 0.158. The molecule has 2 aromatic heterocycles.